The molecule has 0 radical (unpaired) electrons. The second-order valence-corrected chi connectivity index (χ2v) is 13.8. The molecule has 6 aromatic carbocycles. The lowest BCUT2D eigenvalue weighted by Crippen LogP contribution is -2.13. The van der Waals surface area contributed by atoms with Crippen LogP contribution in [0.1, 0.15) is 29.7 Å². The van der Waals surface area contributed by atoms with Crippen LogP contribution in [-0.2, 0) is 0 Å². The maximum absolute atomic E-state index is 6.52. The van der Waals surface area contributed by atoms with E-state index < -0.39 is 0 Å². The molecule has 52 heavy (non-hydrogen) atoms. The van der Waals surface area contributed by atoms with Gasteiger partial charge in [-0.1, -0.05) is 122 Å². The zero-order valence-corrected chi connectivity index (χ0v) is 28.2. The van der Waals surface area contributed by atoms with Crippen LogP contribution in [0.25, 0.3) is 94.6 Å². The summed E-state index contributed by atoms with van der Waals surface area (Å²) in [5.41, 5.74) is 13.4. The lowest BCUT2D eigenvalue weighted by atomic mass is 9.79. The fourth-order valence-corrected chi connectivity index (χ4v) is 8.22. The Balaban J connectivity index is 0.988. The van der Waals surface area contributed by atoms with Crippen LogP contribution in [0.15, 0.2) is 159 Å². The van der Waals surface area contributed by atoms with Crippen LogP contribution in [0.4, 0.5) is 0 Å². The number of hydrogen-bond donors (Lipinski definition) is 0. The van der Waals surface area contributed by atoms with Gasteiger partial charge in [0.05, 0.1) is 0 Å². The van der Waals surface area contributed by atoms with Crippen molar-refractivity contribution in [3.05, 3.63) is 163 Å². The second kappa shape index (κ2) is 11.1. The number of nitrogens with zero attached hydrogens (tertiary/aromatic N) is 2. The smallest absolute Gasteiger partial charge is 0.180 e. The van der Waals surface area contributed by atoms with E-state index >= 15 is 0 Å². The third kappa shape index (κ3) is 4.36. The van der Waals surface area contributed by atoms with Gasteiger partial charge in [0, 0.05) is 44.2 Å². The Hall–Kier alpha value is -6.72. The van der Waals surface area contributed by atoms with Crippen molar-refractivity contribution < 1.29 is 13.3 Å². The van der Waals surface area contributed by atoms with Crippen molar-refractivity contribution in [3.63, 3.8) is 0 Å². The molecule has 4 heterocycles. The summed E-state index contributed by atoms with van der Waals surface area (Å²) in [6.45, 7) is 2.26. The van der Waals surface area contributed by atoms with E-state index in [-0.39, 0.29) is 5.92 Å². The molecule has 11 rings (SSSR count). The molecule has 0 saturated heterocycles. The molecule has 2 atom stereocenters. The van der Waals surface area contributed by atoms with Gasteiger partial charge in [0.2, 0.25) is 0 Å². The topological polar surface area (TPSA) is 65.2 Å². The Morgan fingerprint density at radius 3 is 2.15 bits per heavy atom. The van der Waals surface area contributed by atoms with E-state index in [2.05, 4.69) is 122 Å². The molecule has 0 aliphatic heterocycles. The molecule has 4 aromatic heterocycles. The molecule has 0 saturated carbocycles. The van der Waals surface area contributed by atoms with E-state index in [1.165, 1.54) is 11.1 Å². The van der Waals surface area contributed by atoms with Crippen molar-refractivity contribution in [3.8, 4) is 33.5 Å². The highest BCUT2D eigenvalue weighted by Gasteiger charge is 2.30. The third-order valence-corrected chi connectivity index (χ3v) is 10.7. The van der Waals surface area contributed by atoms with Gasteiger partial charge in [-0.3, -0.25) is 0 Å². The Bertz CT molecular complexity index is 3070. The van der Waals surface area contributed by atoms with Gasteiger partial charge in [-0.2, -0.15) is 0 Å². The first-order valence-electron chi connectivity index (χ1n) is 17.7. The fraction of sp³-hybridized carbons (Fsp3) is 0.0638. The first kappa shape index (κ1) is 29.1. The van der Waals surface area contributed by atoms with E-state index in [0.29, 0.717) is 11.5 Å². The van der Waals surface area contributed by atoms with Crippen molar-refractivity contribution in [2.75, 3.05) is 0 Å². The SMILES string of the molecule is CC1C=Cc2c(oc3ccccc23)C1c1cccc(-c2ccc3oc4c(-c5cccc(-c6cccc7c6oc6ccccc67)c5)ncnc4c3c2)c1. The van der Waals surface area contributed by atoms with Crippen LogP contribution in [0, 0.1) is 5.92 Å². The first-order valence-corrected chi connectivity index (χ1v) is 17.7. The van der Waals surface area contributed by atoms with E-state index in [1.807, 2.05) is 30.3 Å². The zero-order chi connectivity index (χ0) is 34.3. The average molecular weight is 671 g/mol. The number of furan rings is 3. The Kier molecular flexibility index (Phi) is 6.23. The largest absolute Gasteiger partial charge is 0.460 e. The summed E-state index contributed by atoms with van der Waals surface area (Å²) in [6, 6.07) is 46.4. The Labute approximate surface area is 298 Å². The fourth-order valence-electron chi connectivity index (χ4n) is 8.22. The molecule has 5 heteroatoms. The minimum absolute atomic E-state index is 0.121. The molecule has 0 N–H and O–H groups in total. The third-order valence-electron chi connectivity index (χ3n) is 10.7. The molecule has 0 spiro atoms. The van der Waals surface area contributed by atoms with Crippen LogP contribution < -0.4 is 0 Å². The highest BCUT2D eigenvalue weighted by molar-refractivity contribution is 6.10. The number of benzene rings is 6. The molecule has 1 aliphatic carbocycles. The van der Waals surface area contributed by atoms with Crippen LogP contribution >= 0.6 is 0 Å². The summed E-state index contributed by atoms with van der Waals surface area (Å²) in [5.74, 6) is 1.45. The number of para-hydroxylation sites is 3. The predicted octanol–water partition coefficient (Wildman–Crippen LogP) is 12.8. The van der Waals surface area contributed by atoms with E-state index in [9.17, 15) is 0 Å². The minimum Gasteiger partial charge on any atom is -0.460 e. The molecular formula is C47H30N2O3. The summed E-state index contributed by atoms with van der Waals surface area (Å²) in [7, 11) is 0. The molecular weight excluding hydrogens is 641 g/mol. The zero-order valence-electron chi connectivity index (χ0n) is 28.2. The van der Waals surface area contributed by atoms with Crippen LogP contribution in [-0.4, -0.2) is 9.97 Å². The molecule has 246 valence electrons. The minimum atomic E-state index is 0.121. The van der Waals surface area contributed by atoms with Gasteiger partial charge in [0.25, 0.3) is 0 Å². The molecule has 0 bridgehead atoms. The predicted molar refractivity (Wildman–Crippen MR) is 209 cm³/mol. The normalized spacial score (nSPS) is 15.7. The number of hydrogen-bond acceptors (Lipinski definition) is 5. The van der Waals surface area contributed by atoms with E-state index in [4.69, 9.17) is 23.2 Å². The van der Waals surface area contributed by atoms with Gasteiger partial charge in [0.1, 0.15) is 45.6 Å². The number of fused-ring (bicyclic) bond motifs is 9. The molecule has 5 nitrogen and oxygen atoms in total. The monoisotopic (exact) mass is 670 g/mol. The number of allylic oxidation sites excluding steroid dienone is 1. The van der Waals surface area contributed by atoms with Crippen molar-refractivity contribution in [1.29, 1.82) is 0 Å². The van der Waals surface area contributed by atoms with E-state index in [0.717, 1.165) is 88.7 Å². The lowest BCUT2D eigenvalue weighted by Gasteiger charge is -2.25. The summed E-state index contributed by atoms with van der Waals surface area (Å²) < 4.78 is 19.4. The van der Waals surface area contributed by atoms with Crippen LogP contribution in [0.3, 0.4) is 0 Å². The molecule has 2 unspecified atom stereocenters. The Morgan fingerprint density at radius 1 is 0.519 bits per heavy atom. The Morgan fingerprint density at radius 2 is 1.23 bits per heavy atom. The average Bonchev–Trinajstić information content (AvgIpc) is 3.89. The summed E-state index contributed by atoms with van der Waals surface area (Å²) in [6.07, 6.45) is 6.16. The summed E-state index contributed by atoms with van der Waals surface area (Å²) in [4.78, 5) is 9.49. The number of aromatic nitrogens is 2. The van der Waals surface area contributed by atoms with Gasteiger partial charge < -0.3 is 13.3 Å². The summed E-state index contributed by atoms with van der Waals surface area (Å²) >= 11 is 0. The second-order valence-electron chi connectivity index (χ2n) is 13.8. The maximum Gasteiger partial charge on any atom is 0.180 e. The maximum atomic E-state index is 6.52. The highest BCUT2D eigenvalue weighted by atomic mass is 16.3. The molecule has 0 fully saturated rings. The van der Waals surface area contributed by atoms with Gasteiger partial charge >= 0.3 is 0 Å². The highest BCUT2D eigenvalue weighted by Crippen LogP contribution is 2.45. The van der Waals surface area contributed by atoms with E-state index in [1.54, 1.807) is 6.33 Å². The van der Waals surface area contributed by atoms with Gasteiger partial charge in [-0.25, -0.2) is 9.97 Å². The van der Waals surface area contributed by atoms with Crippen LogP contribution in [0.5, 0.6) is 0 Å². The number of rotatable bonds is 4. The molecule has 1 aliphatic rings. The molecule has 0 amide bonds. The van der Waals surface area contributed by atoms with Crippen molar-refractivity contribution in [2.45, 2.75) is 12.8 Å². The summed E-state index contributed by atoms with van der Waals surface area (Å²) in [5, 5.41) is 4.34. The lowest BCUT2D eigenvalue weighted by molar-refractivity contribution is 0.469. The quantitative estimate of drug-likeness (QED) is 0.186. The van der Waals surface area contributed by atoms with Gasteiger partial charge in [-0.15, -0.1) is 0 Å². The van der Waals surface area contributed by atoms with Crippen LogP contribution in [0.2, 0.25) is 0 Å². The van der Waals surface area contributed by atoms with Crippen molar-refractivity contribution >= 4 is 61.1 Å². The van der Waals surface area contributed by atoms with Gasteiger partial charge in [0.15, 0.2) is 5.58 Å². The molecule has 10 aromatic rings. The van der Waals surface area contributed by atoms with Crippen molar-refractivity contribution in [2.24, 2.45) is 5.92 Å². The van der Waals surface area contributed by atoms with Gasteiger partial charge in [-0.05, 0) is 58.5 Å². The standard InChI is InChI=1S/C47H30N2O3/c1-27-19-21-37-35-14-3-5-18-40(35)51-46(37)42(27)31-11-6-9-28(23-31)29-20-22-41-38(25-29)44-47(52-41)43(48-26-49-44)32-12-7-10-30(24-32)33-15-8-16-36-34-13-2-4-17-39(34)50-45(33)36/h2-27,42H,1H3. The first-order chi connectivity index (χ1) is 25.7. The van der Waals surface area contributed by atoms with Crippen molar-refractivity contribution in [1.82, 2.24) is 9.97 Å².